The molecular formula is C27H28N4O2S. The van der Waals surface area contributed by atoms with E-state index in [4.69, 9.17) is 0 Å². The molecule has 3 amide bonds. The Bertz CT molecular complexity index is 1330. The average molecular weight is 473 g/mol. The molecule has 0 spiro atoms. The lowest BCUT2D eigenvalue weighted by molar-refractivity contribution is 0.0583. The molecular weight excluding hydrogens is 444 g/mol. The van der Waals surface area contributed by atoms with Crippen molar-refractivity contribution in [2.75, 3.05) is 25.0 Å². The Morgan fingerprint density at radius 3 is 2.56 bits per heavy atom. The maximum Gasteiger partial charge on any atom is 0.322 e. The summed E-state index contributed by atoms with van der Waals surface area (Å²) in [4.78, 5) is 31.3. The van der Waals surface area contributed by atoms with Gasteiger partial charge in [-0.15, -0.1) is 11.3 Å². The van der Waals surface area contributed by atoms with E-state index < -0.39 is 0 Å². The van der Waals surface area contributed by atoms with Crippen molar-refractivity contribution in [3.63, 3.8) is 0 Å². The van der Waals surface area contributed by atoms with Gasteiger partial charge in [0.2, 0.25) is 0 Å². The predicted octanol–water partition coefficient (Wildman–Crippen LogP) is 5.44. The van der Waals surface area contributed by atoms with E-state index in [0.717, 1.165) is 15.9 Å². The lowest BCUT2D eigenvalue weighted by Crippen LogP contribution is -2.56. The number of para-hydroxylation sites is 1. The third-order valence-corrected chi connectivity index (χ3v) is 7.46. The number of nitrogens with one attached hydrogen (secondary N) is 1. The van der Waals surface area contributed by atoms with E-state index in [9.17, 15) is 9.59 Å². The number of nitrogens with zero attached hydrogens (tertiary/aromatic N) is 3. The Balaban J connectivity index is 1.33. The van der Waals surface area contributed by atoms with Crippen LogP contribution in [-0.2, 0) is 6.54 Å². The second-order valence-corrected chi connectivity index (χ2v) is 9.71. The minimum atomic E-state index is -0.130. The first-order valence-electron chi connectivity index (χ1n) is 11.5. The molecule has 4 aromatic rings. The predicted molar refractivity (Wildman–Crippen MR) is 138 cm³/mol. The van der Waals surface area contributed by atoms with Crippen LogP contribution in [0.25, 0.3) is 10.2 Å². The van der Waals surface area contributed by atoms with Crippen molar-refractivity contribution in [2.24, 2.45) is 0 Å². The van der Waals surface area contributed by atoms with Crippen molar-refractivity contribution < 1.29 is 9.59 Å². The number of thiophene rings is 1. The standard InChI is InChI=1S/C27H28N4O2S/c1-19-8-6-7-9-22(19)18-31-24(16-21-12-15-34-26(21)31)25(32)29-13-14-30(20(2)17-29)27(33)28-23-10-4-3-5-11-23/h3-12,15-16,20H,13-14,17-18H2,1-2H3,(H,28,33). The van der Waals surface area contributed by atoms with E-state index in [-0.39, 0.29) is 18.0 Å². The maximum absolute atomic E-state index is 13.7. The van der Waals surface area contributed by atoms with Gasteiger partial charge in [-0.1, -0.05) is 42.5 Å². The zero-order valence-electron chi connectivity index (χ0n) is 19.4. The Kier molecular flexibility index (Phi) is 6.11. The van der Waals surface area contributed by atoms with E-state index in [0.29, 0.717) is 31.9 Å². The van der Waals surface area contributed by atoms with Gasteiger partial charge in [0.15, 0.2) is 0 Å². The molecule has 174 valence electrons. The first-order chi connectivity index (χ1) is 16.5. The fourth-order valence-corrected chi connectivity index (χ4v) is 5.49. The molecule has 0 bridgehead atoms. The number of benzene rings is 2. The number of amides is 3. The van der Waals surface area contributed by atoms with Gasteiger partial charge < -0.3 is 19.7 Å². The molecule has 0 radical (unpaired) electrons. The largest absolute Gasteiger partial charge is 0.334 e. The number of aromatic nitrogens is 1. The van der Waals surface area contributed by atoms with Crippen LogP contribution in [0.15, 0.2) is 72.1 Å². The second kappa shape index (κ2) is 9.35. The van der Waals surface area contributed by atoms with Crippen molar-refractivity contribution in [3.8, 4) is 0 Å². The molecule has 1 saturated heterocycles. The van der Waals surface area contributed by atoms with Crippen LogP contribution in [0, 0.1) is 6.92 Å². The maximum atomic E-state index is 13.7. The van der Waals surface area contributed by atoms with E-state index in [1.807, 2.05) is 65.3 Å². The van der Waals surface area contributed by atoms with Crippen molar-refractivity contribution >= 4 is 39.2 Å². The molecule has 1 aliphatic heterocycles. The molecule has 1 aliphatic rings. The van der Waals surface area contributed by atoms with Gasteiger partial charge in [-0.3, -0.25) is 4.79 Å². The summed E-state index contributed by atoms with van der Waals surface area (Å²) in [7, 11) is 0. The highest BCUT2D eigenvalue weighted by Crippen LogP contribution is 2.28. The monoisotopic (exact) mass is 472 g/mol. The number of piperazine rings is 1. The van der Waals surface area contributed by atoms with Gasteiger partial charge >= 0.3 is 6.03 Å². The van der Waals surface area contributed by atoms with Crippen LogP contribution >= 0.6 is 11.3 Å². The van der Waals surface area contributed by atoms with Crippen LogP contribution < -0.4 is 5.32 Å². The van der Waals surface area contributed by atoms with Crippen LogP contribution in [0.1, 0.15) is 28.5 Å². The van der Waals surface area contributed by atoms with Crippen LogP contribution in [0.2, 0.25) is 0 Å². The molecule has 1 atom stereocenters. The van der Waals surface area contributed by atoms with Gasteiger partial charge in [0, 0.05) is 43.3 Å². The van der Waals surface area contributed by atoms with Gasteiger partial charge in [0.05, 0.1) is 0 Å². The Hall–Kier alpha value is -3.58. The van der Waals surface area contributed by atoms with E-state index >= 15 is 0 Å². The highest BCUT2D eigenvalue weighted by molar-refractivity contribution is 7.16. The SMILES string of the molecule is Cc1ccccc1Cn1c(C(=O)N2CCN(C(=O)Nc3ccccc3)C(C)C2)cc2ccsc21. The number of anilines is 1. The van der Waals surface area contributed by atoms with Crippen molar-refractivity contribution in [3.05, 3.63) is 88.9 Å². The zero-order chi connectivity index (χ0) is 23.7. The number of fused-ring (bicyclic) bond motifs is 1. The summed E-state index contributed by atoms with van der Waals surface area (Å²) in [5.74, 6) is 0.0203. The fourth-order valence-electron chi connectivity index (χ4n) is 4.59. The van der Waals surface area contributed by atoms with Crippen LogP contribution in [0.5, 0.6) is 0 Å². The molecule has 34 heavy (non-hydrogen) atoms. The van der Waals surface area contributed by atoms with Gasteiger partial charge in [0.1, 0.15) is 10.5 Å². The highest BCUT2D eigenvalue weighted by Gasteiger charge is 2.32. The van der Waals surface area contributed by atoms with Gasteiger partial charge in [-0.25, -0.2) is 4.79 Å². The lowest BCUT2D eigenvalue weighted by Gasteiger charge is -2.39. The molecule has 6 nitrogen and oxygen atoms in total. The third-order valence-electron chi connectivity index (χ3n) is 6.51. The van der Waals surface area contributed by atoms with Crippen LogP contribution in [0.3, 0.4) is 0 Å². The number of urea groups is 1. The molecule has 2 aromatic heterocycles. The summed E-state index contributed by atoms with van der Waals surface area (Å²) in [6.45, 7) is 6.27. The smallest absolute Gasteiger partial charge is 0.322 e. The van der Waals surface area contributed by atoms with Crippen molar-refractivity contribution in [2.45, 2.75) is 26.4 Å². The number of aryl methyl sites for hydroxylation is 1. The van der Waals surface area contributed by atoms with E-state index in [2.05, 4.69) is 40.4 Å². The Labute approximate surface area is 203 Å². The lowest BCUT2D eigenvalue weighted by atomic mass is 10.1. The summed E-state index contributed by atoms with van der Waals surface area (Å²) < 4.78 is 2.14. The molecule has 2 aromatic carbocycles. The van der Waals surface area contributed by atoms with E-state index in [1.54, 1.807) is 11.3 Å². The van der Waals surface area contributed by atoms with Gasteiger partial charge in [-0.05, 0) is 54.6 Å². The quantitative estimate of drug-likeness (QED) is 0.430. The summed E-state index contributed by atoms with van der Waals surface area (Å²) in [5, 5.41) is 6.12. The Morgan fingerprint density at radius 2 is 1.79 bits per heavy atom. The normalized spacial score (nSPS) is 16.1. The Morgan fingerprint density at radius 1 is 1.03 bits per heavy atom. The first kappa shape index (κ1) is 22.2. The fraction of sp³-hybridized carbons (Fsp3) is 0.259. The topological polar surface area (TPSA) is 57.6 Å². The van der Waals surface area contributed by atoms with Gasteiger partial charge in [0.25, 0.3) is 5.91 Å². The number of hydrogen-bond acceptors (Lipinski definition) is 3. The van der Waals surface area contributed by atoms with E-state index in [1.165, 1.54) is 11.1 Å². The summed E-state index contributed by atoms with van der Waals surface area (Å²) in [6.07, 6.45) is 0. The highest BCUT2D eigenvalue weighted by atomic mass is 32.1. The first-order valence-corrected chi connectivity index (χ1v) is 12.4. The third kappa shape index (κ3) is 4.31. The molecule has 1 N–H and O–H groups in total. The molecule has 0 saturated carbocycles. The number of carbonyl (C=O) groups is 2. The minimum absolute atomic E-state index is 0.0203. The van der Waals surface area contributed by atoms with Gasteiger partial charge in [-0.2, -0.15) is 0 Å². The molecule has 7 heteroatoms. The molecule has 5 rings (SSSR count). The molecule has 1 fully saturated rings. The summed E-state index contributed by atoms with van der Waals surface area (Å²) >= 11 is 1.66. The van der Waals surface area contributed by atoms with Crippen molar-refractivity contribution in [1.29, 1.82) is 0 Å². The van der Waals surface area contributed by atoms with Crippen LogP contribution in [0.4, 0.5) is 10.5 Å². The number of hydrogen-bond donors (Lipinski definition) is 1. The second-order valence-electron chi connectivity index (χ2n) is 8.81. The average Bonchev–Trinajstić information content (AvgIpc) is 3.43. The zero-order valence-corrected chi connectivity index (χ0v) is 20.2. The molecule has 0 aliphatic carbocycles. The minimum Gasteiger partial charge on any atom is -0.334 e. The molecule has 3 heterocycles. The molecule has 1 unspecified atom stereocenters. The summed E-state index contributed by atoms with van der Waals surface area (Å²) in [5.41, 5.74) is 3.90. The summed E-state index contributed by atoms with van der Waals surface area (Å²) in [6, 6.07) is 21.6. The van der Waals surface area contributed by atoms with Crippen LogP contribution in [-0.4, -0.2) is 52.0 Å². The number of rotatable bonds is 4. The number of carbonyl (C=O) groups excluding carboxylic acids is 2. The van der Waals surface area contributed by atoms with Crippen molar-refractivity contribution in [1.82, 2.24) is 14.4 Å².